The molecule has 1 saturated heterocycles. The molecule has 2 aliphatic rings. The predicted molar refractivity (Wildman–Crippen MR) is 80.4 cm³/mol. The lowest BCUT2D eigenvalue weighted by Crippen LogP contribution is -2.49. The highest BCUT2D eigenvalue weighted by atomic mass is 16.3. The van der Waals surface area contributed by atoms with Crippen molar-refractivity contribution in [2.75, 3.05) is 26.2 Å². The maximum absolute atomic E-state index is 12.2. The van der Waals surface area contributed by atoms with Crippen LogP contribution in [0, 0.1) is 11.8 Å². The van der Waals surface area contributed by atoms with Gasteiger partial charge in [-0.15, -0.1) is 0 Å². The summed E-state index contributed by atoms with van der Waals surface area (Å²) in [7, 11) is 0. The molecule has 0 aromatic carbocycles. The van der Waals surface area contributed by atoms with E-state index in [-0.39, 0.29) is 18.6 Å². The number of likely N-dealkylation sites (tertiary alicyclic amines) is 1. The number of nitrogens with zero attached hydrogens (tertiary/aromatic N) is 1. The summed E-state index contributed by atoms with van der Waals surface area (Å²) in [5.74, 6) is 1.31. The van der Waals surface area contributed by atoms with Gasteiger partial charge in [0.1, 0.15) is 0 Å². The summed E-state index contributed by atoms with van der Waals surface area (Å²) in [5, 5.41) is 12.3. The number of piperidine rings is 1. The van der Waals surface area contributed by atoms with Gasteiger partial charge in [0, 0.05) is 13.2 Å². The third-order valence-electron chi connectivity index (χ3n) is 5.12. The number of carbonyl (C=O) groups is 1. The Kier molecular flexibility index (Phi) is 6.30. The molecule has 2 N–H and O–H groups in total. The van der Waals surface area contributed by atoms with Gasteiger partial charge in [0.2, 0.25) is 5.91 Å². The summed E-state index contributed by atoms with van der Waals surface area (Å²) in [4.78, 5) is 14.5. The number of hydrogen-bond donors (Lipinski definition) is 2. The van der Waals surface area contributed by atoms with Crippen LogP contribution in [0.15, 0.2) is 0 Å². The van der Waals surface area contributed by atoms with Crippen molar-refractivity contribution in [1.82, 2.24) is 10.2 Å². The molecular weight excluding hydrogens is 252 g/mol. The zero-order chi connectivity index (χ0) is 14.4. The molecule has 1 atom stereocenters. The van der Waals surface area contributed by atoms with E-state index in [2.05, 4.69) is 10.2 Å². The smallest absolute Gasteiger partial charge is 0.237 e. The summed E-state index contributed by atoms with van der Waals surface area (Å²) in [6, 6.07) is -0.0294. The Labute approximate surface area is 122 Å². The fraction of sp³-hybridized carbons (Fsp3) is 0.938. The van der Waals surface area contributed by atoms with Crippen LogP contribution in [-0.2, 0) is 4.79 Å². The molecule has 0 bridgehead atoms. The topological polar surface area (TPSA) is 52.6 Å². The molecule has 1 heterocycles. The number of rotatable bonds is 5. The van der Waals surface area contributed by atoms with Crippen LogP contribution < -0.4 is 5.32 Å². The molecule has 0 unspecified atom stereocenters. The lowest BCUT2D eigenvalue weighted by atomic mass is 9.89. The minimum atomic E-state index is -0.0294. The normalized spacial score (nSPS) is 24.5. The molecule has 1 aliphatic heterocycles. The number of nitrogens with one attached hydrogen (secondary N) is 1. The van der Waals surface area contributed by atoms with Crippen molar-refractivity contribution in [3.8, 4) is 0 Å². The van der Waals surface area contributed by atoms with Gasteiger partial charge in [-0.1, -0.05) is 19.3 Å². The zero-order valence-electron chi connectivity index (χ0n) is 12.8. The molecule has 4 nitrogen and oxygen atoms in total. The summed E-state index contributed by atoms with van der Waals surface area (Å²) in [6.07, 6.45) is 8.58. The predicted octanol–water partition coefficient (Wildman–Crippen LogP) is 1.78. The molecular formula is C16H30N2O2. The molecule has 0 spiro atoms. The van der Waals surface area contributed by atoms with Gasteiger partial charge in [0.15, 0.2) is 0 Å². The molecule has 0 aromatic heterocycles. The molecule has 20 heavy (non-hydrogen) atoms. The SMILES string of the molecule is C[C@H](C(=O)NCC1CCCCC1)N1CCC(CO)CC1. The molecule has 2 fully saturated rings. The Morgan fingerprint density at radius 2 is 1.80 bits per heavy atom. The van der Waals surface area contributed by atoms with Crippen molar-refractivity contribution >= 4 is 5.91 Å². The second-order valence-corrected chi connectivity index (χ2v) is 6.59. The van der Waals surface area contributed by atoms with Gasteiger partial charge in [-0.05, 0) is 57.5 Å². The highest BCUT2D eigenvalue weighted by Gasteiger charge is 2.26. The van der Waals surface area contributed by atoms with Crippen LogP contribution in [0.25, 0.3) is 0 Å². The van der Waals surface area contributed by atoms with E-state index in [0.29, 0.717) is 11.8 Å². The first-order valence-electron chi connectivity index (χ1n) is 8.33. The highest BCUT2D eigenvalue weighted by Crippen LogP contribution is 2.23. The Bertz CT molecular complexity index is 295. The van der Waals surface area contributed by atoms with Crippen LogP contribution in [-0.4, -0.2) is 48.2 Å². The third-order valence-corrected chi connectivity index (χ3v) is 5.12. The van der Waals surface area contributed by atoms with E-state index in [4.69, 9.17) is 5.11 Å². The minimum absolute atomic E-state index is 0.0294. The summed E-state index contributed by atoms with van der Waals surface area (Å²) in [5.41, 5.74) is 0. The third kappa shape index (κ3) is 4.45. The van der Waals surface area contributed by atoms with Crippen molar-refractivity contribution in [2.45, 2.75) is 57.9 Å². The quantitative estimate of drug-likeness (QED) is 0.808. The minimum Gasteiger partial charge on any atom is -0.396 e. The number of hydrogen-bond acceptors (Lipinski definition) is 3. The van der Waals surface area contributed by atoms with E-state index in [1.54, 1.807) is 0 Å². The van der Waals surface area contributed by atoms with E-state index >= 15 is 0 Å². The Balaban J connectivity index is 1.69. The second-order valence-electron chi connectivity index (χ2n) is 6.59. The van der Waals surface area contributed by atoms with Gasteiger partial charge in [0.25, 0.3) is 0 Å². The van der Waals surface area contributed by atoms with E-state index in [1.807, 2.05) is 6.92 Å². The maximum atomic E-state index is 12.2. The van der Waals surface area contributed by atoms with Crippen LogP contribution in [0.1, 0.15) is 51.9 Å². The van der Waals surface area contributed by atoms with Gasteiger partial charge in [-0.2, -0.15) is 0 Å². The lowest BCUT2D eigenvalue weighted by Gasteiger charge is -2.35. The summed E-state index contributed by atoms with van der Waals surface area (Å²) in [6.45, 7) is 5.02. The molecule has 1 amide bonds. The van der Waals surface area contributed by atoms with Crippen LogP contribution in [0.3, 0.4) is 0 Å². The first-order valence-corrected chi connectivity index (χ1v) is 8.33. The zero-order valence-corrected chi connectivity index (χ0v) is 12.8. The van der Waals surface area contributed by atoms with Gasteiger partial charge < -0.3 is 10.4 Å². The average molecular weight is 282 g/mol. The van der Waals surface area contributed by atoms with Crippen molar-refractivity contribution in [3.63, 3.8) is 0 Å². The fourth-order valence-electron chi connectivity index (χ4n) is 3.47. The standard InChI is InChI=1S/C16H30N2O2/c1-13(18-9-7-15(12-19)8-10-18)16(20)17-11-14-5-3-2-4-6-14/h13-15,19H,2-12H2,1H3,(H,17,20)/t13-/m1/s1. The van der Waals surface area contributed by atoms with Crippen LogP contribution in [0.4, 0.5) is 0 Å². The molecule has 4 heteroatoms. The first kappa shape index (κ1) is 15.8. The molecule has 1 aliphatic carbocycles. The fourth-order valence-corrected chi connectivity index (χ4v) is 3.47. The number of aliphatic hydroxyl groups is 1. The Morgan fingerprint density at radius 1 is 1.15 bits per heavy atom. The van der Waals surface area contributed by atoms with Crippen LogP contribution in [0.2, 0.25) is 0 Å². The van der Waals surface area contributed by atoms with E-state index in [1.165, 1.54) is 32.1 Å². The van der Waals surface area contributed by atoms with Gasteiger partial charge in [0.05, 0.1) is 6.04 Å². The molecule has 0 radical (unpaired) electrons. The monoisotopic (exact) mass is 282 g/mol. The molecule has 116 valence electrons. The van der Waals surface area contributed by atoms with Gasteiger partial charge in [-0.3, -0.25) is 9.69 Å². The van der Waals surface area contributed by atoms with Crippen LogP contribution >= 0.6 is 0 Å². The summed E-state index contributed by atoms with van der Waals surface area (Å²) < 4.78 is 0. The number of aliphatic hydroxyl groups excluding tert-OH is 1. The van der Waals surface area contributed by atoms with Crippen molar-refractivity contribution < 1.29 is 9.90 Å². The van der Waals surface area contributed by atoms with Crippen LogP contribution in [0.5, 0.6) is 0 Å². The van der Waals surface area contributed by atoms with E-state index in [9.17, 15) is 4.79 Å². The highest BCUT2D eigenvalue weighted by molar-refractivity contribution is 5.81. The van der Waals surface area contributed by atoms with E-state index < -0.39 is 0 Å². The average Bonchev–Trinajstić information content (AvgIpc) is 2.53. The molecule has 0 aromatic rings. The Morgan fingerprint density at radius 3 is 2.40 bits per heavy atom. The molecule has 1 saturated carbocycles. The van der Waals surface area contributed by atoms with Crippen molar-refractivity contribution in [1.29, 1.82) is 0 Å². The molecule has 2 rings (SSSR count). The van der Waals surface area contributed by atoms with Crippen molar-refractivity contribution in [3.05, 3.63) is 0 Å². The van der Waals surface area contributed by atoms with E-state index in [0.717, 1.165) is 32.5 Å². The largest absolute Gasteiger partial charge is 0.396 e. The number of amides is 1. The summed E-state index contributed by atoms with van der Waals surface area (Å²) >= 11 is 0. The van der Waals surface area contributed by atoms with Gasteiger partial charge in [-0.25, -0.2) is 0 Å². The maximum Gasteiger partial charge on any atom is 0.237 e. The van der Waals surface area contributed by atoms with Crippen molar-refractivity contribution in [2.24, 2.45) is 11.8 Å². The lowest BCUT2D eigenvalue weighted by molar-refractivity contribution is -0.126. The number of carbonyl (C=O) groups excluding carboxylic acids is 1. The Hall–Kier alpha value is -0.610. The van der Waals surface area contributed by atoms with Gasteiger partial charge >= 0.3 is 0 Å². The second kappa shape index (κ2) is 7.99. The first-order chi connectivity index (χ1) is 9.70.